The molecule has 19 heavy (non-hydrogen) atoms. The number of nitrogens with zero attached hydrogens (tertiary/aromatic N) is 1. The summed E-state index contributed by atoms with van der Waals surface area (Å²) >= 11 is 1.57. The maximum absolute atomic E-state index is 11.9. The summed E-state index contributed by atoms with van der Waals surface area (Å²) in [7, 11) is 1.65. The van der Waals surface area contributed by atoms with E-state index in [1.54, 1.807) is 18.4 Å². The molecule has 1 rings (SSSR count). The molecule has 1 heterocycles. The highest BCUT2D eigenvalue weighted by molar-refractivity contribution is 7.07. The molecule has 0 fully saturated rings. The highest BCUT2D eigenvalue weighted by atomic mass is 32.1. The zero-order valence-corrected chi connectivity index (χ0v) is 12.2. The lowest BCUT2D eigenvalue weighted by Crippen LogP contribution is -2.46. The summed E-state index contributed by atoms with van der Waals surface area (Å²) in [6.45, 7) is 4.33. The first-order valence-corrected chi connectivity index (χ1v) is 7.10. The monoisotopic (exact) mass is 284 g/mol. The number of rotatable bonds is 6. The summed E-state index contributed by atoms with van der Waals surface area (Å²) in [5.74, 6) is -0.783. The molecule has 6 heteroatoms. The molecule has 1 aromatic rings. The minimum Gasteiger partial charge on any atom is -0.480 e. The van der Waals surface area contributed by atoms with Crippen molar-refractivity contribution in [3.63, 3.8) is 0 Å². The minimum absolute atomic E-state index is 0.212. The predicted molar refractivity (Wildman–Crippen MR) is 75.2 cm³/mol. The molecular weight excluding hydrogens is 264 g/mol. The number of hydrogen-bond donors (Lipinski definition) is 2. The largest absolute Gasteiger partial charge is 0.480 e. The van der Waals surface area contributed by atoms with Crippen molar-refractivity contribution >= 4 is 23.3 Å². The van der Waals surface area contributed by atoms with Crippen molar-refractivity contribution in [3.8, 4) is 0 Å². The Morgan fingerprint density at radius 3 is 2.63 bits per heavy atom. The van der Waals surface area contributed by atoms with Crippen LogP contribution in [0.25, 0.3) is 0 Å². The van der Waals surface area contributed by atoms with E-state index in [9.17, 15) is 9.59 Å². The first-order valence-electron chi connectivity index (χ1n) is 6.15. The number of thiophene rings is 1. The van der Waals surface area contributed by atoms with E-state index in [1.807, 2.05) is 30.7 Å². The van der Waals surface area contributed by atoms with Gasteiger partial charge in [0.15, 0.2) is 0 Å². The third kappa shape index (κ3) is 5.30. The topological polar surface area (TPSA) is 69.6 Å². The Hall–Kier alpha value is -1.56. The number of carboxylic acids is 1. The van der Waals surface area contributed by atoms with Crippen LogP contribution in [0.5, 0.6) is 0 Å². The molecule has 106 valence electrons. The molecule has 0 spiro atoms. The fourth-order valence-electron chi connectivity index (χ4n) is 1.68. The van der Waals surface area contributed by atoms with E-state index in [2.05, 4.69) is 5.32 Å². The van der Waals surface area contributed by atoms with Crippen LogP contribution in [-0.4, -0.2) is 35.1 Å². The van der Waals surface area contributed by atoms with E-state index in [1.165, 1.54) is 4.90 Å². The lowest BCUT2D eigenvalue weighted by atomic mass is 10.0. The molecule has 0 aliphatic heterocycles. The van der Waals surface area contributed by atoms with Gasteiger partial charge >= 0.3 is 12.0 Å². The number of carboxylic acid groups (broad SMARTS) is 1. The third-order valence-electron chi connectivity index (χ3n) is 2.65. The van der Waals surface area contributed by atoms with Crippen LogP contribution in [0.1, 0.15) is 25.8 Å². The van der Waals surface area contributed by atoms with Crippen molar-refractivity contribution in [1.29, 1.82) is 0 Å². The second-order valence-corrected chi connectivity index (χ2v) is 5.74. The zero-order chi connectivity index (χ0) is 14.4. The molecule has 5 nitrogen and oxygen atoms in total. The van der Waals surface area contributed by atoms with Crippen LogP contribution in [0.2, 0.25) is 0 Å². The van der Waals surface area contributed by atoms with Crippen molar-refractivity contribution in [2.75, 3.05) is 7.05 Å². The molecular formula is C13H20N2O3S. The third-order valence-corrected chi connectivity index (χ3v) is 3.38. The smallest absolute Gasteiger partial charge is 0.326 e. The van der Waals surface area contributed by atoms with Crippen LogP contribution in [-0.2, 0) is 11.3 Å². The maximum Gasteiger partial charge on any atom is 0.326 e. The van der Waals surface area contributed by atoms with Gasteiger partial charge in [0.25, 0.3) is 0 Å². The molecule has 0 saturated heterocycles. The average Bonchev–Trinajstić information content (AvgIpc) is 2.79. The summed E-state index contributed by atoms with van der Waals surface area (Å²) in [6, 6.07) is 0.744. The summed E-state index contributed by atoms with van der Waals surface area (Å²) < 4.78 is 0. The number of aliphatic carboxylic acids is 1. The summed E-state index contributed by atoms with van der Waals surface area (Å²) in [4.78, 5) is 24.5. The summed E-state index contributed by atoms with van der Waals surface area (Å²) in [6.07, 6.45) is 0.424. The van der Waals surface area contributed by atoms with Gasteiger partial charge in [-0.2, -0.15) is 11.3 Å². The molecule has 0 aromatic carbocycles. The van der Waals surface area contributed by atoms with E-state index in [4.69, 9.17) is 5.11 Å². The molecule has 0 unspecified atom stereocenters. The Morgan fingerprint density at radius 1 is 1.47 bits per heavy atom. The van der Waals surface area contributed by atoms with Crippen molar-refractivity contribution < 1.29 is 14.7 Å². The summed E-state index contributed by atoms with van der Waals surface area (Å²) in [5, 5.41) is 15.5. The number of amides is 2. The van der Waals surface area contributed by atoms with Gasteiger partial charge in [0, 0.05) is 13.6 Å². The Bertz CT molecular complexity index is 418. The first kappa shape index (κ1) is 15.5. The molecule has 2 N–H and O–H groups in total. The van der Waals surface area contributed by atoms with E-state index in [-0.39, 0.29) is 11.9 Å². The van der Waals surface area contributed by atoms with E-state index >= 15 is 0 Å². The normalized spacial score (nSPS) is 12.2. The SMILES string of the molecule is CC(C)C[C@H](NC(=O)N(C)Cc1ccsc1)C(=O)O. The van der Waals surface area contributed by atoms with Crippen LogP contribution in [0.4, 0.5) is 4.79 Å². The van der Waals surface area contributed by atoms with Gasteiger partial charge in [-0.05, 0) is 34.7 Å². The van der Waals surface area contributed by atoms with Crippen LogP contribution in [0, 0.1) is 5.92 Å². The number of nitrogens with one attached hydrogen (secondary N) is 1. The minimum atomic E-state index is -0.994. The van der Waals surface area contributed by atoms with Crippen molar-refractivity contribution in [1.82, 2.24) is 10.2 Å². The van der Waals surface area contributed by atoms with Gasteiger partial charge in [-0.25, -0.2) is 9.59 Å². The number of carbonyl (C=O) groups is 2. The van der Waals surface area contributed by atoms with E-state index in [0.29, 0.717) is 13.0 Å². The molecule has 2 amide bonds. The molecule has 1 atom stereocenters. The Balaban J connectivity index is 2.53. The molecule has 0 aliphatic carbocycles. The summed E-state index contributed by atoms with van der Waals surface area (Å²) in [5.41, 5.74) is 1.04. The van der Waals surface area contributed by atoms with E-state index < -0.39 is 12.0 Å². The van der Waals surface area contributed by atoms with Crippen LogP contribution in [0.15, 0.2) is 16.8 Å². The van der Waals surface area contributed by atoms with Gasteiger partial charge in [-0.15, -0.1) is 0 Å². The molecule has 1 aromatic heterocycles. The van der Waals surface area contributed by atoms with Crippen molar-refractivity contribution in [2.45, 2.75) is 32.9 Å². The molecule has 0 radical (unpaired) electrons. The van der Waals surface area contributed by atoms with Crippen LogP contribution in [0.3, 0.4) is 0 Å². The molecule has 0 aliphatic rings. The van der Waals surface area contributed by atoms with Gasteiger partial charge < -0.3 is 15.3 Å². The Morgan fingerprint density at radius 2 is 2.16 bits per heavy atom. The van der Waals surface area contributed by atoms with Crippen molar-refractivity contribution in [3.05, 3.63) is 22.4 Å². The average molecular weight is 284 g/mol. The number of urea groups is 1. The second-order valence-electron chi connectivity index (χ2n) is 4.96. The van der Waals surface area contributed by atoms with Gasteiger partial charge in [-0.1, -0.05) is 13.8 Å². The fraction of sp³-hybridized carbons (Fsp3) is 0.538. The van der Waals surface area contributed by atoms with Crippen molar-refractivity contribution in [2.24, 2.45) is 5.92 Å². The van der Waals surface area contributed by atoms with Crippen LogP contribution < -0.4 is 5.32 Å². The Labute approximate surface area is 117 Å². The van der Waals surface area contributed by atoms with Crippen LogP contribution >= 0.6 is 11.3 Å². The standard InChI is InChI=1S/C13H20N2O3S/c1-9(2)6-11(12(16)17)14-13(18)15(3)7-10-4-5-19-8-10/h4-5,8-9,11H,6-7H2,1-3H3,(H,14,18)(H,16,17)/t11-/m0/s1. The molecule has 0 bridgehead atoms. The lowest BCUT2D eigenvalue weighted by Gasteiger charge is -2.22. The fourth-order valence-corrected chi connectivity index (χ4v) is 2.34. The van der Waals surface area contributed by atoms with Gasteiger partial charge in [-0.3, -0.25) is 0 Å². The lowest BCUT2D eigenvalue weighted by molar-refractivity contribution is -0.139. The second kappa shape index (κ2) is 7.13. The quantitative estimate of drug-likeness (QED) is 0.842. The maximum atomic E-state index is 11.9. The molecule has 0 saturated carbocycles. The zero-order valence-electron chi connectivity index (χ0n) is 11.4. The first-order chi connectivity index (χ1) is 8.90. The number of hydrogen-bond acceptors (Lipinski definition) is 3. The van der Waals surface area contributed by atoms with Gasteiger partial charge in [0.2, 0.25) is 0 Å². The van der Waals surface area contributed by atoms with Gasteiger partial charge in [0.1, 0.15) is 6.04 Å². The highest BCUT2D eigenvalue weighted by Gasteiger charge is 2.22. The highest BCUT2D eigenvalue weighted by Crippen LogP contribution is 2.09. The Kier molecular flexibility index (Phi) is 5.82. The number of carbonyl (C=O) groups excluding carboxylic acids is 1. The van der Waals surface area contributed by atoms with Gasteiger partial charge in [0.05, 0.1) is 0 Å². The predicted octanol–water partition coefficient (Wildman–Crippen LogP) is 2.39. The van der Waals surface area contributed by atoms with E-state index in [0.717, 1.165) is 5.56 Å².